The van der Waals surface area contributed by atoms with Crippen LogP contribution in [0.3, 0.4) is 0 Å². The number of rotatable bonds is 2. The first kappa shape index (κ1) is 10.5. The molecule has 0 aromatic heterocycles. The molecule has 4 nitrogen and oxygen atoms in total. The molecule has 1 aliphatic carbocycles. The highest BCUT2D eigenvalue weighted by atomic mass is 16.2. The van der Waals surface area contributed by atoms with Gasteiger partial charge in [-0.05, 0) is 19.3 Å². The first-order chi connectivity index (χ1) is 7.18. The Kier molecular flexibility index (Phi) is 2.67. The van der Waals surface area contributed by atoms with E-state index >= 15 is 0 Å². The SMILES string of the molecule is CCCC1NC(=O)C2(CCCC2)NC1=O. The Hall–Kier alpha value is -1.06. The third kappa shape index (κ3) is 1.73. The Labute approximate surface area is 89.8 Å². The van der Waals surface area contributed by atoms with Crippen molar-refractivity contribution >= 4 is 11.8 Å². The quantitative estimate of drug-likeness (QED) is 0.705. The standard InChI is InChI=1S/C11H18N2O2/c1-2-5-8-9(14)13-11(10(15)12-8)6-3-4-7-11/h8H,2-7H2,1H3,(H,12,15)(H,13,14). The molecule has 0 aromatic carbocycles. The van der Waals surface area contributed by atoms with Crippen molar-refractivity contribution in [1.82, 2.24) is 10.6 Å². The lowest BCUT2D eigenvalue weighted by molar-refractivity contribution is -0.141. The van der Waals surface area contributed by atoms with Crippen molar-refractivity contribution in [3.8, 4) is 0 Å². The zero-order chi connectivity index (χ0) is 10.9. The fraction of sp³-hybridized carbons (Fsp3) is 0.818. The number of carbonyl (C=O) groups is 2. The van der Waals surface area contributed by atoms with E-state index in [4.69, 9.17) is 0 Å². The topological polar surface area (TPSA) is 58.2 Å². The molecule has 1 spiro atoms. The summed E-state index contributed by atoms with van der Waals surface area (Å²) in [7, 11) is 0. The third-order valence-corrected chi connectivity index (χ3v) is 3.45. The van der Waals surface area contributed by atoms with E-state index in [-0.39, 0.29) is 17.9 Å². The fourth-order valence-corrected chi connectivity index (χ4v) is 2.56. The summed E-state index contributed by atoms with van der Waals surface area (Å²) in [5.74, 6) is 0.0244. The normalized spacial score (nSPS) is 29.0. The van der Waals surface area contributed by atoms with E-state index in [1.54, 1.807) is 0 Å². The molecule has 0 aromatic rings. The fourth-order valence-electron chi connectivity index (χ4n) is 2.56. The highest BCUT2D eigenvalue weighted by Crippen LogP contribution is 2.31. The highest BCUT2D eigenvalue weighted by molar-refractivity contribution is 5.99. The lowest BCUT2D eigenvalue weighted by atomic mass is 9.91. The first-order valence-corrected chi connectivity index (χ1v) is 5.81. The van der Waals surface area contributed by atoms with Crippen LogP contribution in [0.15, 0.2) is 0 Å². The van der Waals surface area contributed by atoms with E-state index in [9.17, 15) is 9.59 Å². The van der Waals surface area contributed by atoms with Crippen LogP contribution in [0.4, 0.5) is 0 Å². The van der Waals surface area contributed by atoms with Gasteiger partial charge in [-0.3, -0.25) is 9.59 Å². The van der Waals surface area contributed by atoms with Crippen LogP contribution in [-0.2, 0) is 9.59 Å². The highest BCUT2D eigenvalue weighted by Gasteiger charge is 2.47. The Morgan fingerprint density at radius 2 is 2.00 bits per heavy atom. The van der Waals surface area contributed by atoms with Gasteiger partial charge >= 0.3 is 0 Å². The van der Waals surface area contributed by atoms with Crippen LogP contribution in [0.5, 0.6) is 0 Å². The minimum Gasteiger partial charge on any atom is -0.342 e. The van der Waals surface area contributed by atoms with E-state index < -0.39 is 5.54 Å². The Balaban J connectivity index is 2.09. The maximum Gasteiger partial charge on any atom is 0.246 e. The monoisotopic (exact) mass is 210 g/mol. The van der Waals surface area contributed by atoms with Gasteiger partial charge in [0.2, 0.25) is 11.8 Å². The summed E-state index contributed by atoms with van der Waals surface area (Å²) < 4.78 is 0. The van der Waals surface area contributed by atoms with Crippen LogP contribution in [0.1, 0.15) is 45.4 Å². The smallest absolute Gasteiger partial charge is 0.246 e. The number of piperazine rings is 1. The minimum atomic E-state index is -0.568. The van der Waals surface area contributed by atoms with Crippen LogP contribution >= 0.6 is 0 Å². The van der Waals surface area contributed by atoms with Crippen molar-refractivity contribution in [3.63, 3.8) is 0 Å². The maximum absolute atomic E-state index is 11.9. The molecule has 2 fully saturated rings. The molecule has 1 unspecified atom stereocenters. The van der Waals surface area contributed by atoms with Gasteiger partial charge in [0, 0.05) is 0 Å². The molecule has 2 rings (SSSR count). The van der Waals surface area contributed by atoms with E-state index in [0.717, 1.165) is 38.5 Å². The number of amides is 2. The molecule has 1 saturated heterocycles. The van der Waals surface area contributed by atoms with E-state index in [2.05, 4.69) is 10.6 Å². The van der Waals surface area contributed by atoms with Crippen molar-refractivity contribution in [3.05, 3.63) is 0 Å². The second-order valence-electron chi connectivity index (χ2n) is 4.59. The van der Waals surface area contributed by atoms with Crippen LogP contribution in [0.25, 0.3) is 0 Å². The van der Waals surface area contributed by atoms with E-state index in [0.29, 0.717) is 0 Å². The van der Waals surface area contributed by atoms with Gasteiger partial charge in [-0.1, -0.05) is 26.2 Å². The average molecular weight is 210 g/mol. The lowest BCUT2D eigenvalue weighted by Crippen LogP contribution is -2.68. The van der Waals surface area contributed by atoms with Crippen LogP contribution in [0.2, 0.25) is 0 Å². The first-order valence-electron chi connectivity index (χ1n) is 5.81. The second kappa shape index (κ2) is 3.83. The van der Waals surface area contributed by atoms with Gasteiger partial charge in [0.25, 0.3) is 0 Å². The summed E-state index contributed by atoms with van der Waals surface area (Å²) in [5, 5.41) is 5.77. The summed E-state index contributed by atoms with van der Waals surface area (Å²) in [4.78, 5) is 23.7. The van der Waals surface area contributed by atoms with Gasteiger partial charge in [0.15, 0.2) is 0 Å². The summed E-state index contributed by atoms with van der Waals surface area (Å²) in [6, 6.07) is -0.311. The molecule has 1 heterocycles. The van der Waals surface area contributed by atoms with Gasteiger partial charge in [-0.15, -0.1) is 0 Å². The third-order valence-electron chi connectivity index (χ3n) is 3.45. The average Bonchev–Trinajstić information content (AvgIpc) is 2.64. The van der Waals surface area contributed by atoms with Gasteiger partial charge in [0.1, 0.15) is 11.6 Å². The number of hydrogen-bond donors (Lipinski definition) is 2. The summed E-state index contributed by atoms with van der Waals surface area (Å²) in [6.45, 7) is 2.01. The molecule has 15 heavy (non-hydrogen) atoms. The molecular formula is C11H18N2O2. The predicted molar refractivity (Wildman–Crippen MR) is 56.2 cm³/mol. The summed E-state index contributed by atoms with van der Waals surface area (Å²) in [5.41, 5.74) is -0.568. The maximum atomic E-state index is 11.9. The van der Waals surface area contributed by atoms with E-state index in [1.807, 2.05) is 6.92 Å². The van der Waals surface area contributed by atoms with Crippen molar-refractivity contribution in [1.29, 1.82) is 0 Å². The number of nitrogens with one attached hydrogen (secondary N) is 2. The van der Waals surface area contributed by atoms with Gasteiger partial charge in [-0.2, -0.15) is 0 Å². The predicted octanol–water partition coefficient (Wildman–Crippen LogP) is 0.714. The minimum absolute atomic E-state index is 0.00153. The van der Waals surface area contributed by atoms with Crippen molar-refractivity contribution in [2.45, 2.75) is 57.0 Å². The number of carbonyl (C=O) groups excluding carboxylic acids is 2. The van der Waals surface area contributed by atoms with Crippen LogP contribution in [-0.4, -0.2) is 23.4 Å². The molecule has 1 aliphatic heterocycles. The van der Waals surface area contributed by atoms with Crippen LogP contribution < -0.4 is 10.6 Å². The number of hydrogen-bond acceptors (Lipinski definition) is 2. The lowest BCUT2D eigenvalue weighted by Gasteiger charge is -2.37. The molecule has 4 heteroatoms. The second-order valence-corrected chi connectivity index (χ2v) is 4.59. The molecule has 1 atom stereocenters. The molecule has 84 valence electrons. The van der Waals surface area contributed by atoms with E-state index in [1.165, 1.54) is 0 Å². The molecule has 2 amide bonds. The molecule has 2 aliphatic rings. The van der Waals surface area contributed by atoms with Crippen molar-refractivity contribution in [2.75, 3.05) is 0 Å². The van der Waals surface area contributed by atoms with Gasteiger partial charge < -0.3 is 10.6 Å². The summed E-state index contributed by atoms with van der Waals surface area (Å²) in [6.07, 6.45) is 5.30. The molecule has 2 N–H and O–H groups in total. The molecule has 1 saturated carbocycles. The zero-order valence-electron chi connectivity index (χ0n) is 9.14. The largest absolute Gasteiger partial charge is 0.342 e. The molecule has 0 bridgehead atoms. The Bertz CT molecular complexity index is 282. The molecular weight excluding hydrogens is 192 g/mol. The molecule has 0 radical (unpaired) electrons. The van der Waals surface area contributed by atoms with Gasteiger partial charge in [-0.25, -0.2) is 0 Å². The summed E-state index contributed by atoms with van der Waals surface area (Å²) >= 11 is 0. The van der Waals surface area contributed by atoms with Crippen LogP contribution in [0, 0.1) is 0 Å². The van der Waals surface area contributed by atoms with Crippen molar-refractivity contribution < 1.29 is 9.59 Å². The van der Waals surface area contributed by atoms with Crippen molar-refractivity contribution in [2.24, 2.45) is 0 Å². The Morgan fingerprint density at radius 1 is 1.33 bits per heavy atom. The van der Waals surface area contributed by atoms with Gasteiger partial charge in [0.05, 0.1) is 0 Å². The zero-order valence-corrected chi connectivity index (χ0v) is 9.14. The Morgan fingerprint density at radius 3 is 2.60 bits per heavy atom.